The quantitative estimate of drug-likeness (QED) is 0.420. The number of hydrogen-bond acceptors (Lipinski definition) is 9. The highest BCUT2D eigenvalue weighted by Crippen LogP contribution is 2.25. The summed E-state index contributed by atoms with van der Waals surface area (Å²) in [6, 6.07) is 9.90. The molecular weight excluding hydrogens is 440 g/mol. The Hall–Kier alpha value is -4.44. The van der Waals surface area contributed by atoms with E-state index in [0.717, 1.165) is 60.0 Å². The van der Waals surface area contributed by atoms with E-state index < -0.39 is 0 Å². The molecule has 1 fully saturated rings. The maximum atomic E-state index is 4.72. The van der Waals surface area contributed by atoms with Gasteiger partial charge in [0.15, 0.2) is 0 Å². The molecule has 0 spiro atoms. The van der Waals surface area contributed by atoms with Crippen molar-refractivity contribution in [1.82, 2.24) is 39.2 Å². The Balaban J connectivity index is 1.24. The molecule has 0 aliphatic carbocycles. The third-order valence-corrected chi connectivity index (χ3v) is 6.17. The van der Waals surface area contributed by atoms with Gasteiger partial charge in [-0.15, -0.1) is 0 Å². The van der Waals surface area contributed by atoms with Gasteiger partial charge in [0, 0.05) is 62.1 Å². The number of anilines is 3. The Morgan fingerprint density at radius 3 is 2.46 bits per heavy atom. The van der Waals surface area contributed by atoms with Crippen LogP contribution in [0.1, 0.15) is 0 Å². The molecule has 0 amide bonds. The minimum atomic E-state index is 0.477. The van der Waals surface area contributed by atoms with Crippen molar-refractivity contribution in [3.05, 3.63) is 73.8 Å². The molecule has 0 radical (unpaired) electrons. The van der Waals surface area contributed by atoms with Crippen molar-refractivity contribution >= 4 is 23.1 Å². The molecule has 0 atom stereocenters. The maximum Gasteiger partial charge on any atom is 0.228 e. The van der Waals surface area contributed by atoms with Crippen LogP contribution in [0.3, 0.4) is 0 Å². The van der Waals surface area contributed by atoms with E-state index in [0.29, 0.717) is 11.8 Å². The molecule has 5 aromatic heterocycles. The van der Waals surface area contributed by atoms with Crippen molar-refractivity contribution in [2.24, 2.45) is 0 Å². The van der Waals surface area contributed by atoms with Gasteiger partial charge >= 0.3 is 0 Å². The van der Waals surface area contributed by atoms with Gasteiger partial charge in [-0.3, -0.25) is 4.40 Å². The number of piperazine rings is 1. The molecule has 1 N–H and O–H groups in total. The van der Waals surface area contributed by atoms with Crippen molar-refractivity contribution in [1.29, 1.82) is 0 Å². The van der Waals surface area contributed by atoms with Crippen LogP contribution in [0.2, 0.25) is 0 Å². The second kappa shape index (κ2) is 9.07. The lowest BCUT2D eigenvalue weighted by Gasteiger charge is -2.33. The molecule has 174 valence electrons. The average Bonchev–Trinajstić information content (AvgIpc) is 3.34. The third-order valence-electron chi connectivity index (χ3n) is 6.17. The molecule has 5 aromatic rings. The number of aromatic nitrogens is 7. The van der Waals surface area contributed by atoms with E-state index in [1.807, 2.05) is 47.3 Å². The SMILES string of the molecule is CN1CCN(c2ccc(Nc3nccc(-c4cnc5ccc(-c6cncnc6)cn45)n3)nc2)CC1. The first-order valence-corrected chi connectivity index (χ1v) is 11.5. The highest BCUT2D eigenvalue weighted by molar-refractivity contribution is 5.67. The Morgan fingerprint density at radius 1 is 0.800 bits per heavy atom. The number of fused-ring (bicyclic) bond motifs is 1. The highest BCUT2D eigenvalue weighted by atomic mass is 15.3. The number of pyridine rings is 2. The van der Waals surface area contributed by atoms with Crippen molar-refractivity contribution < 1.29 is 0 Å². The van der Waals surface area contributed by atoms with E-state index in [4.69, 9.17) is 4.98 Å². The van der Waals surface area contributed by atoms with E-state index in [9.17, 15) is 0 Å². The van der Waals surface area contributed by atoms with Gasteiger partial charge < -0.3 is 15.1 Å². The molecule has 0 unspecified atom stereocenters. The highest BCUT2D eigenvalue weighted by Gasteiger charge is 2.15. The summed E-state index contributed by atoms with van der Waals surface area (Å²) in [5.41, 5.74) is 5.51. The molecule has 10 heteroatoms. The fourth-order valence-electron chi connectivity index (χ4n) is 4.18. The van der Waals surface area contributed by atoms with Crippen LogP contribution >= 0.6 is 0 Å². The number of hydrogen-bond donors (Lipinski definition) is 1. The van der Waals surface area contributed by atoms with Gasteiger partial charge in [0.2, 0.25) is 5.95 Å². The number of nitrogens with zero attached hydrogens (tertiary/aromatic N) is 9. The summed E-state index contributed by atoms with van der Waals surface area (Å²) in [7, 11) is 2.15. The summed E-state index contributed by atoms with van der Waals surface area (Å²) in [5.74, 6) is 1.18. The average molecular weight is 465 g/mol. The molecule has 0 bridgehead atoms. The van der Waals surface area contributed by atoms with Crippen molar-refractivity contribution in [2.75, 3.05) is 43.4 Å². The monoisotopic (exact) mass is 464 g/mol. The number of likely N-dealkylation sites (N-methyl/N-ethyl adjacent to an activating group) is 1. The first-order chi connectivity index (χ1) is 17.2. The van der Waals surface area contributed by atoms with Gasteiger partial charge in [-0.05, 0) is 37.4 Å². The number of imidazole rings is 1. The standard InChI is InChI=1S/C25H24N10/c1-33-8-10-34(11-9-33)20-3-4-23(29-14-20)32-25-28-7-6-21(31-25)22-15-30-24-5-2-18(16-35(22)24)19-12-26-17-27-13-19/h2-7,12-17H,8-11H2,1H3,(H,28,29,31,32). The zero-order valence-corrected chi connectivity index (χ0v) is 19.3. The molecule has 0 aromatic carbocycles. The first-order valence-electron chi connectivity index (χ1n) is 11.5. The van der Waals surface area contributed by atoms with Crippen LogP contribution in [-0.4, -0.2) is 72.4 Å². The fourth-order valence-corrected chi connectivity index (χ4v) is 4.18. The summed E-state index contributed by atoms with van der Waals surface area (Å²) < 4.78 is 2.01. The summed E-state index contributed by atoms with van der Waals surface area (Å²) in [4.78, 5) is 31.2. The summed E-state index contributed by atoms with van der Waals surface area (Å²) in [6.45, 7) is 4.14. The number of nitrogens with one attached hydrogen (secondary N) is 1. The largest absolute Gasteiger partial charge is 0.368 e. The van der Waals surface area contributed by atoms with Crippen molar-refractivity contribution in [3.8, 4) is 22.5 Å². The van der Waals surface area contributed by atoms with E-state index in [1.54, 1.807) is 18.6 Å². The van der Waals surface area contributed by atoms with Crippen LogP contribution in [0.15, 0.2) is 73.8 Å². The summed E-state index contributed by atoms with van der Waals surface area (Å²) in [6.07, 6.45) is 12.6. The molecule has 35 heavy (non-hydrogen) atoms. The van der Waals surface area contributed by atoms with Crippen LogP contribution in [0.25, 0.3) is 28.2 Å². The lowest BCUT2D eigenvalue weighted by Crippen LogP contribution is -2.44. The molecule has 6 heterocycles. The van der Waals surface area contributed by atoms with Gasteiger partial charge in [0.25, 0.3) is 0 Å². The topological polar surface area (TPSA) is 100 Å². The van der Waals surface area contributed by atoms with Crippen LogP contribution in [0, 0.1) is 0 Å². The van der Waals surface area contributed by atoms with Crippen LogP contribution in [0.5, 0.6) is 0 Å². The zero-order chi connectivity index (χ0) is 23.6. The lowest BCUT2D eigenvalue weighted by atomic mass is 10.1. The molecule has 10 nitrogen and oxygen atoms in total. The van der Waals surface area contributed by atoms with Gasteiger partial charge in [-0.1, -0.05) is 0 Å². The van der Waals surface area contributed by atoms with E-state index in [2.05, 4.69) is 53.2 Å². The summed E-state index contributed by atoms with van der Waals surface area (Å²) in [5, 5.41) is 3.22. The van der Waals surface area contributed by atoms with Gasteiger partial charge in [-0.2, -0.15) is 0 Å². The predicted molar refractivity (Wildman–Crippen MR) is 134 cm³/mol. The molecule has 6 rings (SSSR count). The van der Waals surface area contributed by atoms with E-state index >= 15 is 0 Å². The Bertz CT molecular complexity index is 1440. The zero-order valence-electron chi connectivity index (χ0n) is 19.3. The van der Waals surface area contributed by atoms with E-state index in [1.165, 1.54) is 6.33 Å². The molecular formula is C25H24N10. The minimum Gasteiger partial charge on any atom is -0.368 e. The second-order valence-corrected chi connectivity index (χ2v) is 8.50. The summed E-state index contributed by atoms with van der Waals surface area (Å²) >= 11 is 0. The predicted octanol–water partition coefficient (Wildman–Crippen LogP) is 3.14. The molecule has 1 saturated heterocycles. The molecule has 0 saturated carbocycles. The second-order valence-electron chi connectivity index (χ2n) is 8.50. The normalized spacial score (nSPS) is 14.4. The Morgan fingerprint density at radius 2 is 1.66 bits per heavy atom. The van der Waals surface area contributed by atoms with Crippen LogP contribution < -0.4 is 10.2 Å². The van der Waals surface area contributed by atoms with Crippen LogP contribution in [-0.2, 0) is 0 Å². The molecule has 1 aliphatic heterocycles. The Kier molecular flexibility index (Phi) is 5.47. The van der Waals surface area contributed by atoms with Crippen molar-refractivity contribution in [3.63, 3.8) is 0 Å². The molecule has 1 aliphatic rings. The van der Waals surface area contributed by atoms with E-state index in [-0.39, 0.29) is 0 Å². The van der Waals surface area contributed by atoms with Crippen molar-refractivity contribution in [2.45, 2.75) is 0 Å². The Labute approximate surface area is 202 Å². The first kappa shape index (κ1) is 21.1. The van der Waals surface area contributed by atoms with Crippen LogP contribution in [0.4, 0.5) is 17.5 Å². The number of rotatable bonds is 5. The third kappa shape index (κ3) is 4.38. The fraction of sp³-hybridized carbons (Fsp3) is 0.200. The maximum absolute atomic E-state index is 4.72. The van der Waals surface area contributed by atoms with Gasteiger partial charge in [-0.25, -0.2) is 29.9 Å². The van der Waals surface area contributed by atoms with Gasteiger partial charge in [0.05, 0.1) is 29.5 Å². The smallest absolute Gasteiger partial charge is 0.228 e. The lowest BCUT2D eigenvalue weighted by molar-refractivity contribution is 0.313. The minimum absolute atomic E-state index is 0.477. The van der Waals surface area contributed by atoms with Gasteiger partial charge in [0.1, 0.15) is 17.8 Å².